The van der Waals surface area contributed by atoms with Crippen LogP contribution in [0, 0.1) is 5.92 Å². The van der Waals surface area contributed by atoms with Crippen molar-refractivity contribution in [2.45, 2.75) is 25.7 Å². The summed E-state index contributed by atoms with van der Waals surface area (Å²) in [6.45, 7) is 3.98. The van der Waals surface area contributed by atoms with Crippen molar-refractivity contribution in [2.24, 2.45) is 5.92 Å². The van der Waals surface area contributed by atoms with E-state index in [1.54, 1.807) is 0 Å². The van der Waals surface area contributed by atoms with Gasteiger partial charge < -0.3 is 0 Å². The van der Waals surface area contributed by atoms with Crippen molar-refractivity contribution in [1.82, 2.24) is 0 Å². The van der Waals surface area contributed by atoms with Gasteiger partial charge in [0.15, 0.2) is 0 Å². The van der Waals surface area contributed by atoms with Crippen LogP contribution in [0.25, 0.3) is 0 Å². The number of rotatable bonds is 2. The molecule has 1 unspecified atom stereocenters. The second-order valence-electron chi connectivity index (χ2n) is 2.84. The molecule has 1 rings (SSSR count). The van der Waals surface area contributed by atoms with Crippen LogP contribution in [0.3, 0.4) is 0 Å². The third kappa shape index (κ3) is 2.28. The molecule has 0 aromatic heterocycles. The van der Waals surface area contributed by atoms with Crippen LogP contribution in [-0.4, -0.2) is 4.43 Å². The van der Waals surface area contributed by atoms with Gasteiger partial charge in [0.1, 0.15) is 0 Å². The minimum atomic E-state index is 0.981. The normalized spacial score (nSPS) is 27.2. The second kappa shape index (κ2) is 3.59. The molecule has 0 bridgehead atoms. The third-order valence-electron chi connectivity index (χ3n) is 2.00. The standard InChI is InChI=1S/C8H13I/c1-7-2-3-8(6-7)4-5-9/h8H,1-6H2. The summed E-state index contributed by atoms with van der Waals surface area (Å²) in [5.41, 5.74) is 1.48. The van der Waals surface area contributed by atoms with E-state index < -0.39 is 0 Å². The number of hydrogen-bond acceptors (Lipinski definition) is 0. The Morgan fingerprint density at radius 3 is 2.89 bits per heavy atom. The van der Waals surface area contributed by atoms with Gasteiger partial charge >= 0.3 is 0 Å². The van der Waals surface area contributed by atoms with Gasteiger partial charge in [0.05, 0.1) is 0 Å². The lowest BCUT2D eigenvalue weighted by molar-refractivity contribution is 0.546. The Morgan fingerprint density at radius 1 is 1.67 bits per heavy atom. The van der Waals surface area contributed by atoms with Crippen molar-refractivity contribution in [1.29, 1.82) is 0 Å². The molecule has 9 heavy (non-hydrogen) atoms. The smallest absolute Gasteiger partial charge is 0.000198 e. The maximum Gasteiger partial charge on any atom is -0.000198 e. The molecule has 0 spiro atoms. The molecule has 0 aromatic rings. The lowest BCUT2D eigenvalue weighted by Gasteiger charge is -2.02. The van der Waals surface area contributed by atoms with Gasteiger partial charge in [-0.05, 0) is 36.0 Å². The lowest BCUT2D eigenvalue weighted by Crippen LogP contribution is -1.92. The van der Waals surface area contributed by atoms with Crippen LogP contribution in [0.5, 0.6) is 0 Å². The molecule has 1 aliphatic carbocycles. The van der Waals surface area contributed by atoms with Gasteiger partial charge in [-0.25, -0.2) is 0 Å². The summed E-state index contributed by atoms with van der Waals surface area (Å²) in [6.07, 6.45) is 5.41. The monoisotopic (exact) mass is 236 g/mol. The Labute approximate surface area is 70.9 Å². The van der Waals surface area contributed by atoms with E-state index in [9.17, 15) is 0 Å². The molecule has 0 saturated heterocycles. The first-order valence-corrected chi connectivity index (χ1v) is 5.08. The molecule has 1 heteroatoms. The molecule has 52 valence electrons. The SMILES string of the molecule is C=C1CCC(CCI)C1. The first-order valence-electron chi connectivity index (χ1n) is 3.55. The molecular formula is C8H13I. The zero-order valence-electron chi connectivity index (χ0n) is 5.70. The Kier molecular flexibility index (Phi) is 3.02. The van der Waals surface area contributed by atoms with E-state index in [4.69, 9.17) is 0 Å². The molecule has 1 saturated carbocycles. The Balaban J connectivity index is 2.22. The van der Waals surface area contributed by atoms with Crippen LogP contribution in [-0.2, 0) is 0 Å². The van der Waals surface area contributed by atoms with E-state index in [0.29, 0.717) is 0 Å². The zero-order valence-corrected chi connectivity index (χ0v) is 7.86. The number of allylic oxidation sites excluding steroid dienone is 1. The minimum Gasteiger partial charge on any atom is -0.0999 e. The van der Waals surface area contributed by atoms with Crippen molar-refractivity contribution in [2.75, 3.05) is 4.43 Å². The van der Waals surface area contributed by atoms with Crippen LogP contribution in [0.1, 0.15) is 25.7 Å². The average molecular weight is 236 g/mol. The molecule has 1 fully saturated rings. The molecule has 0 nitrogen and oxygen atoms in total. The Hall–Kier alpha value is 0.470. The van der Waals surface area contributed by atoms with E-state index in [-0.39, 0.29) is 0 Å². The van der Waals surface area contributed by atoms with Crippen LogP contribution < -0.4 is 0 Å². The van der Waals surface area contributed by atoms with Crippen LogP contribution in [0.4, 0.5) is 0 Å². The van der Waals surface area contributed by atoms with Gasteiger partial charge in [0.25, 0.3) is 0 Å². The third-order valence-corrected chi connectivity index (χ3v) is 2.62. The second-order valence-corrected chi connectivity index (χ2v) is 3.92. The first-order chi connectivity index (χ1) is 4.33. The molecule has 1 aliphatic rings. The van der Waals surface area contributed by atoms with Crippen molar-refractivity contribution >= 4 is 22.6 Å². The summed E-state index contributed by atoms with van der Waals surface area (Å²) >= 11 is 2.45. The van der Waals surface area contributed by atoms with Crippen LogP contribution in [0.2, 0.25) is 0 Å². The molecule has 0 N–H and O–H groups in total. The number of alkyl halides is 1. The van der Waals surface area contributed by atoms with Gasteiger partial charge in [0.2, 0.25) is 0 Å². The molecule has 1 atom stereocenters. The maximum atomic E-state index is 3.98. The van der Waals surface area contributed by atoms with E-state index in [0.717, 1.165) is 5.92 Å². The minimum absolute atomic E-state index is 0.981. The fourth-order valence-electron chi connectivity index (χ4n) is 1.42. The molecule has 0 aliphatic heterocycles. The molecular weight excluding hydrogens is 223 g/mol. The van der Waals surface area contributed by atoms with Crippen molar-refractivity contribution in [3.63, 3.8) is 0 Å². The summed E-state index contributed by atoms with van der Waals surface area (Å²) in [5, 5.41) is 0. The predicted octanol–water partition coefficient (Wildman–Crippen LogP) is 3.17. The van der Waals surface area contributed by atoms with Gasteiger partial charge in [-0.3, -0.25) is 0 Å². The van der Waals surface area contributed by atoms with Gasteiger partial charge in [-0.15, -0.1) is 0 Å². The Bertz CT molecular complexity index is 107. The van der Waals surface area contributed by atoms with Crippen LogP contribution >= 0.6 is 22.6 Å². The van der Waals surface area contributed by atoms with Crippen molar-refractivity contribution in [3.8, 4) is 0 Å². The van der Waals surface area contributed by atoms with E-state index in [2.05, 4.69) is 29.2 Å². The largest absolute Gasteiger partial charge is 0.0999 e. The van der Waals surface area contributed by atoms with Crippen molar-refractivity contribution < 1.29 is 0 Å². The Morgan fingerprint density at radius 2 is 2.44 bits per heavy atom. The van der Waals surface area contributed by atoms with Gasteiger partial charge in [-0.2, -0.15) is 0 Å². The fraction of sp³-hybridized carbons (Fsp3) is 0.750. The van der Waals surface area contributed by atoms with E-state index in [1.165, 1.54) is 35.7 Å². The summed E-state index contributed by atoms with van der Waals surface area (Å²) in [7, 11) is 0. The maximum absolute atomic E-state index is 3.98. The molecule has 0 radical (unpaired) electrons. The number of halogens is 1. The predicted molar refractivity (Wildman–Crippen MR) is 50.0 cm³/mol. The van der Waals surface area contributed by atoms with Gasteiger partial charge in [-0.1, -0.05) is 34.7 Å². The summed E-state index contributed by atoms with van der Waals surface area (Å²) in [5.74, 6) is 0.981. The van der Waals surface area contributed by atoms with Crippen LogP contribution in [0.15, 0.2) is 12.2 Å². The lowest BCUT2D eigenvalue weighted by atomic mass is 10.1. The first kappa shape index (κ1) is 7.58. The highest BCUT2D eigenvalue weighted by molar-refractivity contribution is 14.1. The summed E-state index contributed by atoms with van der Waals surface area (Å²) in [4.78, 5) is 0. The van der Waals surface area contributed by atoms with E-state index >= 15 is 0 Å². The highest BCUT2D eigenvalue weighted by Gasteiger charge is 2.16. The fourth-order valence-corrected chi connectivity index (χ4v) is 2.30. The topological polar surface area (TPSA) is 0 Å². The van der Waals surface area contributed by atoms with Gasteiger partial charge in [0, 0.05) is 0 Å². The summed E-state index contributed by atoms with van der Waals surface area (Å²) in [6, 6.07) is 0. The highest BCUT2D eigenvalue weighted by atomic mass is 127. The van der Waals surface area contributed by atoms with Crippen molar-refractivity contribution in [3.05, 3.63) is 12.2 Å². The zero-order chi connectivity index (χ0) is 6.69. The average Bonchev–Trinajstić information content (AvgIpc) is 2.17. The van der Waals surface area contributed by atoms with E-state index in [1.807, 2.05) is 0 Å². The molecule has 0 heterocycles. The molecule has 0 aromatic carbocycles. The number of hydrogen-bond donors (Lipinski definition) is 0. The quantitative estimate of drug-likeness (QED) is 0.392. The molecule has 0 amide bonds. The summed E-state index contributed by atoms with van der Waals surface area (Å²) < 4.78 is 1.32. The highest BCUT2D eigenvalue weighted by Crippen LogP contribution is 2.31.